The number of hydrogen-bond donors (Lipinski definition) is 15. The normalized spacial score (nSPS) is 57.6. The highest BCUT2D eigenvalue weighted by molar-refractivity contribution is 5.59. The molecule has 11 fully saturated rings. The van der Waals surface area contributed by atoms with Gasteiger partial charge in [-0.15, -0.1) is 0 Å². The zero-order valence-corrected chi connectivity index (χ0v) is 49.2. The highest BCUT2D eigenvalue weighted by Crippen LogP contribution is 2.80. The summed E-state index contributed by atoms with van der Waals surface area (Å²) in [4.78, 5) is 12.6. The molecule has 27 heteroatoms. The molecule has 6 aliphatic heterocycles. The van der Waals surface area contributed by atoms with Crippen LogP contribution in [-0.2, 0) is 56.9 Å². The Hall–Kier alpha value is -1.37. The largest absolute Gasteiger partial charge is 0.394 e. The fraction of sp³-hybridized carbons (Fsp3) is 0.983. The third-order valence-electron chi connectivity index (χ3n) is 24.1. The van der Waals surface area contributed by atoms with Crippen molar-refractivity contribution in [1.82, 2.24) is 0 Å². The van der Waals surface area contributed by atoms with Crippen LogP contribution >= 0.6 is 0 Å². The Morgan fingerprint density at radius 1 is 0.482 bits per heavy atom. The summed E-state index contributed by atoms with van der Waals surface area (Å²) >= 11 is 0. The van der Waals surface area contributed by atoms with E-state index in [0.29, 0.717) is 32.3 Å². The van der Waals surface area contributed by atoms with Crippen LogP contribution in [0.3, 0.4) is 0 Å². The number of aliphatic hydroxyl groups excluding tert-OH is 15. The number of carbonyl (C=O) groups is 1. The molecule has 11 aliphatic rings. The Morgan fingerprint density at radius 2 is 1.05 bits per heavy atom. The lowest BCUT2D eigenvalue weighted by molar-refractivity contribution is -0.398. The third kappa shape index (κ3) is 10.2. The van der Waals surface area contributed by atoms with Gasteiger partial charge in [0.15, 0.2) is 31.5 Å². The smallest absolute Gasteiger partial charge is 0.187 e. The molecule has 0 aromatic rings. The van der Waals surface area contributed by atoms with Gasteiger partial charge in [0, 0.05) is 16.2 Å². The van der Waals surface area contributed by atoms with Gasteiger partial charge >= 0.3 is 0 Å². The van der Waals surface area contributed by atoms with E-state index in [2.05, 4.69) is 34.6 Å². The van der Waals surface area contributed by atoms with E-state index in [1.54, 1.807) is 0 Å². The van der Waals surface area contributed by atoms with Gasteiger partial charge in [-0.05, 0) is 98.2 Å². The molecule has 27 nitrogen and oxygen atoms in total. The molecule has 488 valence electrons. The summed E-state index contributed by atoms with van der Waals surface area (Å²) in [7, 11) is 0. The molecule has 15 N–H and O–H groups in total. The van der Waals surface area contributed by atoms with Crippen LogP contribution in [0, 0.1) is 50.2 Å². The molecule has 5 aliphatic carbocycles. The van der Waals surface area contributed by atoms with Crippen LogP contribution in [0.5, 0.6) is 0 Å². The quantitative estimate of drug-likeness (QED) is 0.0581. The summed E-state index contributed by atoms with van der Waals surface area (Å²) < 4.78 is 67.9. The summed E-state index contributed by atoms with van der Waals surface area (Å²) in [6, 6.07) is 0. The zero-order chi connectivity index (χ0) is 61.5. The molecular weight excluding hydrogens is 1130 g/mol. The molecule has 0 aromatic carbocycles. The fourth-order valence-corrected chi connectivity index (χ4v) is 18.9. The van der Waals surface area contributed by atoms with Gasteiger partial charge in [0.2, 0.25) is 0 Å². The number of hydrogen-bond acceptors (Lipinski definition) is 27. The van der Waals surface area contributed by atoms with Crippen molar-refractivity contribution in [2.75, 3.05) is 39.6 Å². The van der Waals surface area contributed by atoms with Crippen molar-refractivity contribution in [3.05, 3.63) is 0 Å². The van der Waals surface area contributed by atoms with Gasteiger partial charge in [0.05, 0.1) is 57.5 Å². The highest BCUT2D eigenvalue weighted by Gasteiger charge is 2.80. The lowest BCUT2D eigenvalue weighted by Crippen LogP contribution is -2.74. The van der Waals surface area contributed by atoms with Gasteiger partial charge in [0.25, 0.3) is 0 Å². The van der Waals surface area contributed by atoms with Crippen LogP contribution in [0.15, 0.2) is 0 Å². The van der Waals surface area contributed by atoms with Crippen molar-refractivity contribution in [2.24, 2.45) is 50.2 Å². The number of ether oxygens (including phenoxy) is 11. The minimum Gasteiger partial charge on any atom is -0.394 e. The minimum atomic E-state index is -2.08. The van der Waals surface area contributed by atoms with Crippen LogP contribution < -0.4 is 0 Å². The van der Waals surface area contributed by atoms with Gasteiger partial charge in [-0.2, -0.15) is 0 Å². The predicted molar refractivity (Wildman–Crippen MR) is 283 cm³/mol. The Labute approximate surface area is 493 Å². The van der Waals surface area contributed by atoms with E-state index in [4.69, 9.17) is 52.1 Å². The first-order valence-electron chi connectivity index (χ1n) is 30.6. The second kappa shape index (κ2) is 23.6. The number of fused-ring (bicyclic) bond motifs is 4. The van der Waals surface area contributed by atoms with Crippen molar-refractivity contribution in [2.45, 2.75) is 265 Å². The summed E-state index contributed by atoms with van der Waals surface area (Å²) in [5.74, 6) is 0.302. The maximum absolute atomic E-state index is 12.6. The monoisotopic (exact) mass is 1220 g/mol. The molecule has 0 radical (unpaired) electrons. The summed E-state index contributed by atoms with van der Waals surface area (Å²) in [6.07, 6.45) is -33.1. The van der Waals surface area contributed by atoms with Gasteiger partial charge in [0.1, 0.15) is 116 Å². The molecule has 85 heavy (non-hydrogen) atoms. The van der Waals surface area contributed by atoms with Crippen molar-refractivity contribution in [1.29, 1.82) is 0 Å². The number of rotatable bonds is 14. The summed E-state index contributed by atoms with van der Waals surface area (Å²) in [6.45, 7) is 10.4. The molecular formula is C58H94O27. The number of aliphatic hydroxyl groups is 15. The number of carbonyl (C=O) groups excluding carboxylic acids is 1. The van der Waals surface area contributed by atoms with Crippen LogP contribution in [-0.4, -0.2) is 282 Å². The van der Waals surface area contributed by atoms with Crippen LogP contribution in [0.4, 0.5) is 0 Å². The van der Waals surface area contributed by atoms with Crippen molar-refractivity contribution >= 4 is 6.29 Å². The Bertz CT molecular complexity index is 2340. The summed E-state index contributed by atoms with van der Waals surface area (Å²) in [5.41, 5.74) is -2.91. The van der Waals surface area contributed by atoms with E-state index in [9.17, 15) is 81.4 Å². The molecule has 1 spiro atoms. The van der Waals surface area contributed by atoms with E-state index >= 15 is 0 Å². The van der Waals surface area contributed by atoms with Crippen LogP contribution in [0.25, 0.3) is 0 Å². The fourth-order valence-electron chi connectivity index (χ4n) is 18.9. The molecule has 34 atom stereocenters. The third-order valence-corrected chi connectivity index (χ3v) is 24.1. The molecule has 0 amide bonds. The first-order valence-corrected chi connectivity index (χ1v) is 30.6. The second-order valence-corrected chi connectivity index (χ2v) is 28.6. The Balaban J connectivity index is 0.856. The zero-order valence-electron chi connectivity index (χ0n) is 49.2. The number of aldehydes is 1. The first kappa shape index (κ1) is 65.1. The van der Waals surface area contributed by atoms with E-state index in [1.165, 1.54) is 0 Å². The maximum Gasteiger partial charge on any atom is 0.187 e. The van der Waals surface area contributed by atoms with Gasteiger partial charge in [-0.3, -0.25) is 0 Å². The second-order valence-electron chi connectivity index (χ2n) is 28.6. The van der Waals surface area contributed by atoms with Crippen molar-refractivity contribution < 1.29 is 133 Å². The molecule has 5 saturated carbocycles. The van der Waals surface area contributed by atoms with Gasteiger partial charge in [-0.25, -0.2) is 0 Å². The molecule has 0 aromatic heterocycles. The van der Waals surface area contributed by atoms with Crippen molar-refractivity contribution in [3.8, 4) is 0 Å². The van der Waals surface area contributed by atoms with E-state index < -0.39 is 208 Å². The maximum atomic E-state index is 12.6. The molecule has 11 rings (SSSR count). The topological polar surface area (TPSA) is 422 Å². The lowest BCUT2D eigenvalue weighted by Gasteiger charge is -2.75. The summed E-state index contributed by atoms with van der Waals surface area (Å²) in [5, 5.41) is 164. The SMILES string of the molecule is CC1(C=O)CCC23COC4(CCC5C6(C)CCC(OC7OCC(OC8OC(CO)C(O)C(O)C8OC8OCC(O)C(O)C8O)C(O)C7OC7OC(CO)C(OC8OC(CO)C(O)C(O)C8O)C(O)C7O)C(C)(C)C6CCC5(C)C4(C)CC2O)C3C1. The predicted octanol–water partition coefficient (Wildman–Crippen LogP) is -4.07. The van der Waals surface area contributed by atoms with Crippen LogP contribution in [0.1, 0.15) is 106 Å². The minimum absolute atomic E-state index is 0.0368. The lowest BCUT2D eigenvalue weighted by atomic mass is 9.30. The Morgan fingerprint density at radius 3 is 1.72 bits per heavy atom. The molecule has 2 bridgehead atoms. The van der Waals surface area contributed by atoms with Gasteiger partial charge in [-0.1, -0.05) is 41.5 Å². The highest BCUT2D eigenvalue weighted by atomic mass is 16.8. The van der Waals surface area contributed by atoms with E-state index in [1.807, 2.05) is 6.92 Å². The molecule has 6 heterocycles. The average Bonchev–Trinajstić information content (AvgIpc) is 1.63. The van der Waals surface area contributed by atoms with Crippen LogP contribution in [0.2, 0.25) is 0 Å². The van der Waals surface area contributed by atoms with Crippen molar-refractivity contribution in [3.63, 3.8) is 0 Å². The first-order chi connectivity index (χ1) is 40.0. The Kier molecular flexibility index (Phi) is 18.1. The standard InChI is InChI=1S/C58H94O27/c1-52(2)29-7-11-55(5)30(8-12-58-31-15-53(3,22-62)13-14-57(31,23-77-58)32(64)16-56(55,58)6)54(29,4)10-9-33(52)82-50-45(85-49-43(74)40(71)44(27(19-61)80-49)83-48-42(73)38(69)35(66)25(17-59)78-48)37(68)28(21-76-50)81-51-46(39(70)36(67)26(18-60)79-51)84-47-41(72)34(65)24(63)20-75-47/h22,24-51,59-61,63-74H,7-21,23H2,1-6H3. The average molecular weight is 1220 g/mol. The van der Waals surface area contributed by atoms with E-state index in [-0.39, 0.29) is 34.0 Å². The molecule has 34 unspecified atom stereocenters. The van der Waals surface area contributed by atoms with E-state index in [0.717, 1.165) is 44.8 Å². The molecule has 6 saturated heterocycles. The van der Waals surface area contributed by atoms with Gasteiger partial charge < -0.3 is 133 Å².